The van der Waals surface area contributed by atoms with Gasteiger partial charge in [-0.3, -0.25) is 4.79 Å². The molecule has 0 aromatic rings. The predicted molar refractivity (Wildman–Crippen MR) is 84.4 cm³/mol. The van der Waals surface area contributed by atoms with Crippen LogP contribution in [0.1, 0.15) is 73.6 Å². The van der Waals surface area contributed by atoms with Gasteiger partial charge in [-0.05, 0) is 50.6 Å². The Morgan fingerprint density at radius 3 is 2.11 bits per heavy atom. The van der Waals surface area contributed by atoms with Crippen LogP contribution in [0.15, 0.2) is 0 Å². The van der Waals surface area contributed by atoms with Gasteiger partial charge in [-0.25, -0.2) is 0 Å². The molecule has 0 fully saturated rings. The van der Waals surface area contributed by atoms with Crippen molar-refractivity contribution in [3.8, 4) is 0 Å². The van der Waals surface area contributed by atoms with E-state index < -0.39 is 0 Å². The second-order valence-corrected chi connectivity index (χ2v) is 7.22. The summed E-state index contributed by atoms with van der Waals surface area (Å²) in [6.07, 6.45) is 4.95. The second-order valence-electron chi connectivity index (χ2n) is 7.22. The molecule has 0 saturated heterocycles. The Bertz CT molecular complexity index is 266. The Morgan fingerprint density at radius 2 is 1.68 bits per heavy atom. The summed E-state index contributed by atoms with van der Waals surface area (Å²) in [7, 11) is 2.00. The molecule has 0 aromatic heterocycles. The van der Waals surface area contributed by atoms with Crippen molar-refractivity contribution in [2.45, 2.75) is 73.6 Å². The quantitative estimate of drug-likeness (QED) is 0.635. The van der Waals surface area contributed by atoms with E-state index in [0.29, 0.717) is 17.1 Å². The Morgan fingerprint density at radius 1 is 1.16 bits per heavy atom. The van der Waals surface area contributed by atoms with Crippen molar-refractivity contribution in [1.82, 2.24) is 5.32 Å². The fourth-order valence-corrected chi connectivity index (χ4v) is 2.79. The normalized spacial score (nSPS) is 14.5. The van der Waals surface area contributed by atoms with E-state index in [-0.39, 0.29) is 5.41 Å². The number of carbonyl (C=O) groups excluding carboxylic acids is 1. The molecule has 1 N–H and O–H groups in total. The summed E-state index contributed by atoms with van der Waals surface area (Å²) in [6, 6.07) is 0. The van der Waals surface area contributed by atoms with Crippen molar-refractivity contribution >= 4 is 5.78 Å². The Balaban J connectivity index is 4.38. The van der Waals surface area contributed by atoms with Gasteiger partial charge in [-0.15, -0.1) is 0 Å². The van der Waals surface area contributed by atoms with Crippen molar-refractivity contribution in [3.05, 3.63) is 0 Å². The predicted octanol–water partition coefficient (Wildman–Crippen LogP) is 4.43. The van der Waals surface area contributed by atoms with Crippen molar-refractivity contribution < 1.29 is 4.79 Å². The molecular formula is C17H35NO. The fourth-order valence-electron chi connectivity index (χ4n) is 2.79. The maximum atomic E-state index is 12.4. The molecule has 0 aliphatic rings. The first-order valence-corrected chi connectivity index (χ1v) is 7.88. The summed E-state index contributed by atoms with van der Waals surface area (Å²) in [5.74, 6) is 0.936. The highest BCUT2D eigenvalue weighted by Crippen LogP contribution is 2.34. The van der Waals surface area contributed by atoms with Crippen LogP contribution in [0.3, 0.4) is 0 Å². The van der Waals surface area contributed by atoms with Crippen LogP contribution in [0, 0.1) is 16.7 Å². The van der Waals surface area contributed by atoms with Gasteiger partial charge in [0.25, 0.3) is 0 Å². The molecule has 114 valence electrons. The summed E-state index contributed by atoms with van der Waals surface area (Å²) in [5, 5.41) is 3.21. The second kappa shape index (κ2) is 8.04. The molecule has 1 unspecified atom stereocenters. The van der Waals surface area contributed by atoms with Crippen LogP contribution in [0.5, 0.6) is 0 Å². The number of nitrogens with one attached hydrogen (secondary N) is 1. The zero-order valence-electron chi connectivity index (χ0n) is 14.2. The third-order valence-electron chi connectivity index (χ3n) is 4.72. The van der Waals surface area contributed by atoms with Gasteiger partial charge in [0.15, 0.2) is 0 Å². The zero-order valence-corrected chi connectivity index (χ0v) is 14.2. The highest BCUT2D eigenvalue weighted by atomic mass is 16.1. The monoisotopic (exact) mass is 269 g/mol. The van der Waals surface area contributed by atoms with Crippen LogP contribution in [-0.2, 0) is 4.79 Å². The first kappa shape index (κ1) is 18.6. The molecule has 0 aliphatic heterocycles. The molecule has 0 spiro atoms. The van der Waals surface area contributed by atoms with Gasteiger partial charge in [0.2, 0.25) is 0 Å². The van der Waals surface area contributed by atoms with E-state index in [0.717, 1.165) is 32.2 Å². The van der Waals surface area contributed by atoms with Crippen LogP contribution in [0.4, 0.5) is 0 Å². The van der Waals surface area contributed by atoms with Gasteiger partial charge < -0.3 is 5.32 Å². The van der Waals surface area contributed by atoms with Crippen LogP contribution in [0.2, 0.25) is 0 Å². The standard InChI is InChI=1S/C17H35NO/c1-8-17(6,9-2)15(19)12-14(3)13-16(4,5)10-11-18-7/h14,18H,8-13H2,1-7H3. The molecule has 1 atom stereocenters. The van der Waals surface area contributed by atoms with E-state index in [1.165, 1.54) is 6.42 Å². The minimum atomic E-state index is -0.108. The van der Waals surface area contributed by atoms with E-state index in [1.54, 1.807) is 0 Å². The lowest BCUT2D eigenvalue weighted by Gasteiger charge is -2.31. The van der Waals surface area contributed by atoms with Gasteiger partial charge in [-0.2, -0.15) is 0 Å². The topological polar surface area (TPSA) is 29.1 Å². The highest BCUT2D eigenvalue weighted by molar-refractivity contribution is 5.84. The van der Waals surface area contributed by atoms with Crippen molar-refractivity contribution in [3.63, 3.8) is 0 Å². The number of hydrogen-bond donors (Lipinski definition) is 1. The third-order valence-corrected chi connectivity index (χ3v) is 4.72. The molecule has 0 heterocycles. The fraction of sp³-hybridized carbons (Fsp3) is 0.941. The van der Waals surface area contributed by atoms with Gasteiger partial charge in [0.1, 0.15) is 5.78 Å². The molecule has 0 bridgehead atoms. The first-order chi connectivity index (χ1) is 8.70. The molecule has 2 nitrogen and oxygen atoms in total. The van der Waals surface area contributed by atoms with E-state index in [1.807, 2.05) is 7.05 Å². The molecule has 0 aliphatic carbocycles. The van der Waals surface area contributed by atoms with E-state index in [4.69, 9.17) is 0 Å². The van der Waals surface area contributed by atoms with Crippen molar-refractivity contribution in [1.29, 1.82) is 0 Å². The van der Waals surface area contributed by atoms with Crippen molar-refractivity contribution in [2.75, 3.05) is 13.6 Å². The summed E-state index contributed by atoms with van der Waals surface area (Å²) in [5.41, 5.74) is 0.209. The summed E-state index contributed by atoms with van der Waals surface area (Å²) >= 11 is 0. The highest BCUT2D eigenvalue weighted by Gasteiger charge is 2.31. The van der Waals surface area contributed by atoms with Gasteiger partial charge in [-0.1, -0.05) is 41.5 Å². The summed E-state index contributed by atoms with van der Waals surface area (Å²) < 4.78 is 0. The number of Topliss-reactive ketones (excluding diaryl/α,β-unsaturated/α-hetero) is 1. The lowest BCUT2D eigenvalue weighted by molar-refractivity contribution is -0.129. The molecule has 0 rings (SSSR count). The van der Waals surface area contributed by atoms with Crippen LogP contribution < -0.4 is 5.32 Å². The lowest BCUT2D eigenvalue weighted by Crippen LogP contribution is -2.29. The molecule has 0 saturated carbocycles. The zero-order chi connectivity index (χ0) is 15.1. The van der Waals surface area contributed by atoms with Crippen molar-refractivity contribution in [2.24, 2.45) is 16.7 Å². The largest absolute Gasteiger partial charge is 0.320 e. The number of hydrogen-bond acceptors (Lipinski definition) is 2. The maximum absolute atomic E-state index is 12.4. The van der Waals surface area contributed by atoms with Crippen LogP contribution in [-0.4, -0.2) is 19.4 Å². The average Bonchev–Trinajstić information content (AvgIpc) is 2.34. The molecular weight excluding hydrogens is 234 g/mol. The Labute approximate surface area is 120 Å². The average molecular weight is 269 g/mol. The third kappa shape index (κ3) is 6.56. The lowest BCUT2D eigenvalue weighted by atomic mass is 9.74. The first-order valence-electron chi connectivity index (χ1n) is 7.88. The van der Waals surface area contributed by atoms with Gasteiger partial charge in [0, 0.05) is 11.8 Å². The van der Waals surface area contributed by atoms with Crippen LogP contribution in [0.25, 0.3) is 0 Å². The summed E-state index contributed by atoms with van der Waals surface area (Å²) in [4.78, 5) is 12.4. The molecule has 19 heavy (non-hydrogen) atoms. The SMILES string of the molecule is CCC(C)(CC)C(=O)CC(C)CC(C)(C)CCNC. The smallest absolute Gasteiger partial charge is 0.139 e. The van der Waals surface area contributed by atoms with E-state index in [2.05, 4.69) is 46.9 Å². The molecule has 2 heteroatoms. The molecule has 0 aromatic carbocycles. The molecule has 0 radical (unpaired) electrons. The maximum Gasteiger partial charge on any atom is 0.139 e. The minimum absolute atomic E-state index is 0.108. The summed E-state index contributed by atoms with van der Waals surface area (Å²) in [6.45, 7) is 14.3. The molecule has 0 amide bonds. The Kier molecular flexibility index (Phi) is 7.88. The van der Waals surface area contributed by atoms with Crippen LogP contribution >= 0.6 is 0 Å². The van der Waals surface area contributed by atoms with E-state index >= 15 is 0 Å². The van der Waals surface area contributed by atoms with E-state index in [9.17, 15) is 4.79 Å². The number of carbonyl (C=O) groups is 1. The van der Waals surface area contributed by atoms with Gasteiger partial charge in [0.05, 0.1) is 0 Å². The van der Waals surface area contributed by atoms with Gasteiger partial charge >= 0.3 is 0 Å². The minimum Gasteiger partial charge on any atom is -0.320 e. The number of rotatable bonds is 10. The number of ketones is 1. The Hall–Kier alpha value is -0.370.